The van der Waals surface area contributed by atoms with Crippen molar-refractivity contribution in [2.24, 2.45) is 0 Å². The van der Waals surface area contributed by atoms with Crippen LogP contribution in [0.15, 0.2) is 42.5 Å². The van der Waals surface area contributed by atoms with E-state index in [2.05, 4.69) is 10.3 Å². The fourth-order valence-electron chi connectivity index (χ4n) is 2.08. The maximum absolute atomic E-state index is 13.6. The van der Waals surface area contributed by atoms with Crippen LogP contribution in [0.3, 0.4) is 0 Å². The molecule has 0 unspecified atom stereocenters. The highest BCUT2D eigenvalue weighted by Crippen LogP contribution is 2.21. The molecule has 6 heteroatoms. The molecule has 0 aliphatic carbocycles. The lowest BCUT2D eigenvalue weighted by Gasteiger charge is -2.05. The van der Waals surface area contributed by atoms with Gasteiger partial charge >= 0.3 is 0 Å². The lowest BCUT2D eigenvalue weighted by Crippen LogP contribution is -2.26. The second-order valence-electron chi connectivity index (χ2n) is 4.71. The first kappa shape index (κ1) is 14.9. The zero-order valence-electron chi connectivity index (χ0n) is 11.5. The maximum Gasteiger partial charge on any atom is 0.254 e. The van der Waals surface area contributed by atoms with Crippen molar-refractivity contribution in [1.29, 1.82) is 0 Å². The topological polar surface area (TPSA) is 42.0 Å². The summed E-state index contributed by atoms with van der Waals surface area (Å²) in [6.07, 6.45) is 0.604. The molecule has 0 aliphatic rings. The normalized spacial score (nSPS) is 10.8. The Kier molecular flexibility index (Phi) is 4.36. The van der Waals surface area contributed by atoms with Gasteiger partial charge in [-0.2, -0.15) is 0 Å². The van der Waals surface area contributed by atoms with Crippen molar-refractivity contribution in [2.45, 2.75) is 6.42 Å². The maximum atomic E-state index is 13.6. The predicted octanol–water partition coefficient (Wildman–Crippen LogP) is 4.06. The van der Waals surface area contributed by atoms with Crippen LogP contribution in [-0.4, -0.2) is 17.4 Å². The third-order valence-electron chi connectivity index (χ3n) is 3.14. The van der Waals surface area contributed by atoms with Gasteiger partial charge in [0.25, 0.3) is 5.91 Å². The van der Waals surface area contributed by atoms with Gasteiger partial charge in [0.2, 0.25) is 0 Å². The summed E-state index contributed by atoms with van der Waals surface area (Å²) in [5, 5.41) is 3.96. The largest absolute Gasteiger partial charge is 0.352 e. The number of hydrogen-bond acceptors (Lipinski definition) is 3. The molecule has 0 saturated carbocycles. The molecule has 0 spiro atoms. The van der Waals surface area contributed by atoms with Crippen molar-refractivity contribution in [1.82, 2.24) is 10.3 Å². The Morgan fingerprint density at radius 2 is 2.09 bits per heavy atom. The summed E-state index contributed by atoms with van der Waals surface area (Å²) >= 11 is 7.37. The van der Waals surface area contributed by atoms with E-state index in [1.165, 1.54) is 18.2 Å². The molecule has 0 saturated heterocycles. The number of amides is 1. The van der Waals surface area contributed by atoms with Crippen LogP contribution >= 0.6 is 22.9 Å². The van der Waals surface area contributed by atoms with Gasteiger partial charge in [0.05, 0.1) is 20.8 Å². The van der Waals surface area contributed by atoms with E-state index in [-0.39, 0.29) is 5.56 Å². The average molecular weight is 335 g/mol. The Balaban J connectivity index is 1.62. The van der Waals surface area contributed by atoms with Crippen LogP contribution in [0.1, 0.15) is 15.4 Å². The minimum Gasteiger partial charge on any atom is -0.352 e. The van der Waals surface area contributed by atoms with Crippen LogP contribution in [0, 0.1) is 5.82 Å². The van der Waals surface area contributed by atoms with Gasteiger partial charge in [-0.3, -0.25) is 4.79 Å². The minimum absolute atomic E-state index is 0.0446. The van der Waals surface area contributed by atoms with Crippen LogP contribution < -0.4 is 5.32 Å². The van der Waals surface area contributed by atoms with Crippen molar-refractivity contribution in [3.8, 4) is 0 Å². The van der Waals surface area contributed by atoms with E-state index in [1.807, 2.05) is 24.3 Å². The molecule has 3 aromatic rings. The highest BCUT2D eigenvalue weighted by molar-refractivity contribution is 7.18. The molecule has 3 nitrogen and oxygen atoms in total. The van der Waals surface area contributed by atoms with Gasteiger partial charge in [-0.1, -0.05) is 23.7 Å². The average Bonchev–Trinajstić information content (AvgIpc) is 2.92. The SMILES string of the molecule is O=C(NCCc1nc2ccccc2s1)c1cc(Cl)ccc1F. The molecule has 22 heavy (non-hydrogen) atoms. The molecule has 0 fully saturated rings. The first-order valence-electron chi connectivity index (χ1n) is 6.71. The van der Waals surface area contributed by atoms with Crippen molar-refractivity contribution in [2.75, 3.05) is 6.54 Å². The van der Waals surface area contributed by atoms with Crippen LogP contribution in [0.4, 0.5) is 4.39 Å². The van der Waals surface area contributed by atoms with Gasteiger partial charge in [0.1, 0.15) is 5.82 Å². The Morgan fingerprint density at radius 3 is 2.91 bits per heavy atom. The van der Waals surface area contributed by atoms with Gasteiger partial charge in [-0.05, 0) is 30.3 Å². The van der Waals surface area contributed by atoms with Gasteiger partial charge in [-0.25, -0.2) is 9.37 Å². The van der Waals surface area contributed by atoms with Crippen LogP contribution in [0.2, 0.25) is 5.02 Å². The fraction of sp³-hybridized carbons (Fsp3) is 0.125. The highest BCUT2D eigenvalue weighted by atomic mass is 35.5. The number of carbonyl (C=O) groups excluding carboxylic acids is 1. The molecule has 0 bridgehead atoms. The van der Waals surface area contributed by atoms with Crippen molar-refractivity contribution < 1.29 is 9.18 Å². The Hall–Kier alpha value is -1.98. The number of thiazole rings is 1. The third kappa shape index (κ3) is 3.26. The molecule has 1 amide bonds. The number of para-hydroxylation sites is 1. The Labute approximate surface area is 135 Å². The molecule has 1 aromatic heterocycles. The second kappa shape index (κ2) is 6.42. The molecular formula is C16H12ClFN2OS. The van der Waals surface area contributed by atoms with E-state index in [0.717, 1.165) is 15.2 Å². The molecular weight excluding hydrogens is 323 g/mol. The van der Waals surface area contributed by atoms with E-state index in [9.17, 15) is 9.18 Å². The van der Waals surface area contributed by atoms with Crippen LogP contribution in [-0.2, 0) is 6.42 Å². The number of rotatable bonds is 4. The smallest absolute Gasteiger partial charge is 0.254 e. The first-order chi connectivity index (χ1) is 10.6. The molecule has 112 valence electrons. The molecule has 3 rings (SSSR count). The number of nitrogens with one attached hydrogen (secondary N) is 1. The van der Waals surface area contributed by atoms with Gasteiger partial charge < -0.3 is 5.32 Å². The molecule has 0 aliphatic heterocycles. The lowest BCUT2D eigenvalue weighted by atomic mass is 10.2. The molecule has 0 atom stereocenters. The van der Waals surface area contributed by atoms with Crippen molar-refractivity contribution >= 4 is 39.1 Å². The highest BCUT2D eigenvalue weighted by Gasteiger charge is 2.12. The van der Waals surface area contributed by atoms with E-state index >= 15 is 0 Å². The molecule has 1 heterocycles. The third-order valence-corrected chi connectivity index (χ3v) is 4.47. The number of aromatic nitrogens is 1. The van der Waals surface area contributed by atoms with Gasteiger partial charge in [-0.15, -0.1) is 11.3 Å². The second-order valence-corrected chi connectivity index (χ2v) is 6.26. The lowest BCUT2D eigenvalue weighted by molar-refractivity contribution is 0.0950. The number of benzene rings is 2. The fourth-order valence-corrected chi connectivity index (χ4v) is 3.22. The van der Waals surface area contributed by atoms with E-state index in [0.29, 0.717) is 18.0 Å². The van der Waals surface area contributed by atoms with Crippen molar-refractivity contribution in [3.63, 3.8) is 0 Å². The number of hydrogen-bond donors (Lipinski definition) is 1. The van der Waals surface area contributed by atoms with E-state index < -0.39 is 11.7 Å². The van der Waals surface area contributed by atoms with Crippen molar-refractivity contribution in [3.05, 3.63) is 63.9 Å². The standard InChI is InChI=1S/C16H12ClFN2OS/c17-10-5-6-12(18)11(9-10)16(21)19-8-7-15-20-13-3-1-2-4-14(13)22-15/h1-6,9H,7-8H2,(H,19,21). The van der Waals surface area contributed by atoms with E-state index in [1.54, 1.807) is 11.3 Å². The summed E-state index contributed by atoms with van der Waals surface area (Å²) in [5.74, 6) is -1.05. The quantitative estimate of drug-likeness (QED) is 0.781. The Bertz CT molecular complexity index is 801. The van der Waals surface area contributed by atoms with Gasteiger partial charge in [0.15, 0.2) is 0 Å². The van der Waals surface area contributed by atoms with Crippen LogP contribution in [0.5, 0.6) is 0 Å². The first-order valence-corrected chi connectivity index (χ1v) is 7.90. The van der Waals surface area contributed by atoms with Crippen LogP contribution in [0.25, 0.3) is 10.2 Å². The number of fused-ring (bicyclic) bond motifs is 1. The summed E-state index contributed by atoms with van der Waals surface area (Å²) in [6, 6.07) is 11.8. The van der Waals surface area contributed by atoms with E-state index in [4.69, 9.17) is 11.6 Å². The molecule has 1 N–H and O–H groups in total. The zero-order valence-corrected chi connectivity index (χ0v) is 13.0. The van der Waals surface area contributed by atoms with Gasteiger partial charge in [0, 0.05) is 18.0 Å². The summed E-state index contributed by atoms with van der Waals surface area (Å²) in [6.45, 7) is 0.393. The molecule has 2 aromatic carbocycles. The molecule has 0 radical (unpaired) electrons. The summed E-state index contributed by atoms with van der Waals surface area (Å²) in [4.78, 5) is 16.4. The monoisotopic (exact) mass is 334 g/mol. The summed E-state index contributed by atoms with van der Waals surface area (Å²) in [7, 11) is 0. The minimum atomic E-state index is -0.582. The zero-order chi connectivity index (χ0) is 15.5. The number of nitrogens with zero attached hydrogens (tertiary/aromatic N) is 1. The number of carbonyl (C=O) groups is 1. The number of halogens is 2. The summed E-state index contributed by atoms with van der Waals surface area (Å²) < 4.78 is 14.7. The Morgan fingerprint density at radius 1 is 1.27 bits per heavy atom. The predicted molar refractivity (Wildman–Crippen MR) is 87.1 cm³/mol. The summed E-state index contributed by atoms with van der Waals surface area (Å²) in [5.41, 5.74) is 0.909.